The topological polar surface area (TPSA) is 106 Å². The van der Waals surface area contributed by atoms with E-state index in [9.17, 15) is 14.4 Å². The van der Waals surface area contributed by atoms with Crippen LogP contribution in [0, 0.1) is 20.8 Å². The van der Waals surface area contributed by atoms with Crippen LogP contribution >= 0.6 is 0 Å². The smallest absolute Gasteiger partial charge is 0.412 e. The molecule has 0 aromatic heterocycles. The summed E-state index contributed by atoms with van der Waals surface area (Å²) in [4.78, 5) is 36.9. The van der Waals surface area contributed by atoms with Gasteiger partial charge < -0.3 is 20.1 Å². The fourth-order valence-electron chi connectivity index (χ4n) is 3.98. The molecule has 182 valence electrons. The number of hydrogen-bond acceptors (Lipinski definition) is 6. The third kappa shape index (κ3) is 5.94. The summed E-state index contributed by atoms with van der Waals surface area (Å²) < 4.78 is 10.7. The molecule has 0 aliphatic carbocycles. The van der Waals surface area contributed by atoms with E-state index in [0.717, 1.165) is 34.2 Å². The van der Waals surface area contributed by atoms with Crippen molar-refractivity contribution in [2.24, 2.45) is 0 Å². The van der Waals surface area contributed by atoms with Crippen LogP contribution in [0.15, 0.2) is 24.3 Å². The molecule has 1 aliphatic rings. The van der Waals surface area contributed by atoms with Crippen LogP contribution in [-0.4, -0.2) is 30.1 Å². The van der Waals surface area contributed by atoms with E-state index in [-0.39, 0.29) is 11.9 Å². The van der Waals surface area contributed by atoms with Gasteiger partial charge in [-0.25, -0.2) is 4.79 Å². The number of hydrogen-bond donors (Lipinski definition) is 3. The Morgan fingerprint density at radius 3 is 2.38 bits per heavy atom. The minimum Gasteiger partial charge on any atom is -0.444 e. The summed E-state index contributed by atoms with van der Waals surface area (Å²) >= 11 is 0. The molecule has 0 bridgehead atoms. The molecule has 34 heavy (non-hydrogen) atoms. The van der Waals surface area contributed by atoms with Gasteiger partial charge in [-0.1, -0.05) is 6.07 Å². The highest BCUT2D eigenvalue weighted by Crippen LogP contribution is 2.33. The summed E-state index contributed by atoms with van der Waals surface area (Å²) in [5.74, 6) is -0.0827. The maximum atomic E-state index is 13.3. The number of ether oxygens (including phenoxy) is 2. The van der Waals surface area contributed by atoms with Crippen molar-refractivity contribution in [2.75, 3.05) is 17.2 Å². The summed E-state index contributed by atoms with van der Waals surface area (Å²) in [6.07, 6.45) is 0.229. The van der Waals surface area contributed by atoms with Crippen molar-refractivity contribution in [3.8, 4) is 5.75 Å². The van der Waals surface area contributed by atoms with Gasteiger partial charge in [0.25, 0.3) is 0 Å². The van der Waals surface area contributed by atoms with Gasteiger partial charge in [0.1, 0.15) is 17.4 Å². The first-order valence-electron chi connectivity index (χ1n) is 11.3. The summed E-state index contributed by atoms with van der Waals surface area (Å²) in [5.41, 5.74) is 4.84. The molecule has 1 unspecified atom stereocenters. The number of aryl methyl sites for hydroxylation is 1. The molecular formula is C26H33N3O5. The van der Waals surface area contributed by atoms with Crippen LogP contribution in [0.3, 0.4) is 0 Å². The molecule has 3 rings (SSSR count). The molecule has 2 aromatic carbocycles. The molecule has 0 fully saturated rings. The van der Waals surface area contributed by atoms with E-state index >= 15 is 0 Å². The normalized spacial score (nSPS) is 15.2. The van der Waals surface area contributed by atoms with Crippen LogP contribution in [0.2, 0.25) is 0 Å². The largest absolute Gasteiger partial charge is 0.444 e. The average Bonchev–Trinajstić information content (AvgIpc) is 2.72. The Morgan fingerprint density at radius 1 is 1.03 bits per heavy atom. The van der Waals surface area contributed by atoms with Crippen molar-refractivity contribution in [3.63, 3.8) is 0 Å². The average molecular weight is 468 g/mol. The van der Waals surface area contributed by atoms with Crippen LogP contribution in [0.1, 0.15) is 61.6 Å². The Kier molecular flexibility index (Phi) is 7.31. The Morgan fingerprint density at radius 2 is 1.74 bits per heavy atom. The number of esters is 1. The number of fused-ring (bicyclic) bond motifs is 1. The fourth-order valence-corrected chi connectivity index (χ4v) is 3.98. The van der Waals surface area contributed by atoms with Crippen molar-refractivity contribution < 1.29 is 23.9 Å². The zero-order valence-corrected chi connectivity index (χ0v) is 20.8. The molecular weight excluding hydrogens is 434 g/mol. The molecule has 0 saturated heterocycles. The van der Waals surface area contributed by atoms with Crippen molar-refractivity contribution in [2.45, 2.75) is 66.5 Å². The summed E-state index contributed by atoms with van der Waals surface area (Å²) in [7, 11) is 0. The first-order chi connectivity index (χ1) is 15.9. The number of benzene rings is 2. The van der Waals surface area contributed by atoms with Crippen LogP contribution in [0.5, 0.6) is 5.75 Å². The lowest BCUT2D eigenvalue weighted by atomic mass is 9.93. The molecule has 0 spiro atoms. The number of rotatable bonds is 4. The van der Waals surface area contributed by atoms with Gasteiger partial charge in [-0.15, -0.1) is 0 Å². The van der Waals surface area contributed by atoms with E-state index < -0.39 is 17.7 Å². The number of amides is 2. The quantitative estimate of drug-likeness (QED) is 0.444. The first-order valence-corrected chi connectivity index (χ1v) is 11.3. The lowest BCUT2D eigenvalue weighted by molar-refractivity contribution is -0.132. The van der Waals surface area contributed by atoms with Gasteiger partial charge in [-0.05, 0) is 94.0 Å². The van der Waals surface area contributed by atoms with Crippen LogP contribution < -0.4 is 20.7 Å². The predicted molar refractivity (Wildman–Crippen MR) is 131 cm³/mol. The SMILES string of the molecule is CC(=O)Oc1c(C)cc(NC(=O)C2NCCc3ccc(NC(=O)OC(C)(C)C)cc32)c(C)c1C. The van der Waals surface area contributed by atoms with Crippen molar-refractivity contribution in [1.82, 2.24) is 5.32 Å². The highest BCUT2D eigenvalue weighted by Gasteiger charge is 2.28. The first kappa shape index (κ1) is 25.2. The Balaban J connectivity index is 1.84. The zero-order valence-electron chi connectivity index (χ0n) is 20.8. The minimum absolute atomic E-state index is 0.211. The number of nitrogens with one attached hydrogen (secondary N) is 3. The zero-order chi connectivity index (χ0) is 25.2. The predicted octanol–water partition coefficient (Wildman–Crippen LogP) is 4.71. The van der Waals surface area contributed by atoms with Gasteiger partial charge in [0.05, 0.1) is 0 Å². The van der Waals surface area contributed by atoms with E-state index in [2.05, 4.69) is 16.0 Å². The van der Waals surface area contributed by atoms with Crippen LogP contribution in [0.25, 0.3) is 0 Å². The lowest BCUT2D eigenvalue weighted by Gasteiger charge is -2.27. The molecule has 1 atom stereocenters. The highest BCUT2D eigenvalue weighted by molar-refractivity contribution is 5.97. The molecule has 2 aromatic rings. The Bertz CT molecular complexity index is 1130. The van der Waals surface area contributed by atoms with Crippen molar-refractivity contribution in [1.29, 1.82) is 0 Å². The van der Waals surface area contributed by atoms with Gasteiger partial charge in [0, 0.05) is 24.8 Å². The van der Waals surface area contributed by atoms with Gasteiger partial charge in [-0.2, -0.15) is 0 Å². The molecule has 3 N–H and O–H groups in total. The highest BCUT2D eigenvalue weighted by atomic mass is 16.6. The van der Waals surface area contributed by atoms with Crippen molar-refractivity contribution >= 4 is 29.3 Å². The van der Waals surface area contributed by atoms with E-state index in [1.165, 1.54) is 6.92 Å². The third-order valence-electron chi connectivity index (χ3n) is 5.64. The van der Waals surface area contributed by atoms with Gasteiger partial charge in [0.15, 0.2) is 0 Å². The van der Waals surface area contributed by atoms with Gasteiger partial charge >= 0.3 is 12.1 Å². The van der Waals surface area contributed by atoms with E-state index in [1.54, 1.807) is 20.8 Å². The van der Waals surface area contributed by atoms with Crippen LogP contribution in [0.4, 0.5) is 16.2 Å². The summed E-state index contributed by atoms with van der Waals surface area (Å²) in [5, 5.41) is 9.04. The third-order valence-corrected chi connectivity index (χ3v) is 5.64. The molecule has 8 nitrogen and oxygen atoms in total. The molecule has 1 aliphatic heterocycles. The minimum atomic E-state index is -0.610. The second kappa shape index (κ2) is 9.85. The second-order valence-electron chi connectivity index (χ2n) is 9.58. The second-order valence-corrected chi connectivity index (χ2v) is 9.58. The molecule has 0 radical (unpaired) electrons. The van der Waals surface area contributed by atoms with E-state index in [4.69, 9.17) is 9.47 Å². The van der Waals surface area contributed by atoms with E-state index in [1.807, 2.05) is 45.0 Å². The number of carbonyl (C=O) groups is 3. The maximum absolute atomic E-state index is 13.3. The summed E-state index contributed by atoms with van der Waals surface area (Å²) in [6, 6.07) is 6.77. The molecule has 8 heteroatoms. The molecule has 1 heterocycles. The Hall–Kier alpha value is -3.39. The lowest BCUT2D eigenvalue weighted by Crippen LogP contribution is -2.38. The van der Waals surface area contributed by atoms with Crippen LogP contribution in [-0.2, 0) is 20.7 Å². The van der Waals surface area contributed by atoms with Gasteiger partial charge in [0.2, 0.25) is 5.91 Å². The monoisotopic (exact) mass is 467 g/mol. The van der Waals surface area contributed by atoms with Gasteiger partial charge in [-0.3, -0.25) is 14.9 Å². The standard InChI is InChI=1S/C26H33N3O5/c1-14-12-21(15(2)16(3)23(14)33-17(4)30)29-24(31)22-20-13-19(9-8-18(20)10-11-27-22)28-25(32)34-26(5,6)7/h8-9,12-13,22,27H,10-11H2,1-7H3,(H,28,32)(H,29,31). The maximum Gasteiger partial charge on any atom is 0.412 e. The number of anilines is 2. The van der Waals surface area contributed by atoms with E-state index in [0.29, 0.717) is 23.7 Å². The van der Waals surface area contributed by atoms with Crippen molar-refractivity contribution in [3.05, 3.63) is 52.1 Å². The molecule has 2 amide bonds. The fraction of sp³-hybridized carbons (Fsp3) is 0.423. The Labute approximate surface area is 200 Å². The summed E-state index contributed by atoms with van der Waals surface area (Å²) in [6.45, 7) is 13.0. The number of carbonyl (C=O) groups excluding carboxylic acids is 3. The molecule has 0 saturated carbocycles.